The Balaban J connectivity index is 1.44. The summed E-state index contributed by atoms with van der Waals surface area (Å²) in [5.74, 6) is -1.01. The molecule has 0 bridgehead atoms. The van der Waals surface area contributed by atoms with E-state index in [2.05, 4.69) is 48.3 Å². The first-order valence-electron chi connectivity index (χ1n) is 9.69. The van der Waals surface area contributed by atoms with Crippen molar-refractivity contribution < 1.29 is 13.6 Å². The molecule has 0 radical (unpaired) electrons. The summed E-state index contributed by atoms with van der Waals surface area (Å²) in [6, 6.07) is 11.8. The van der Waals surface area contributed by atoms with Crippen molar-refractivity contribution >= 4 is 11.6 Å². The van der Waals surface area contributed by atoms with Gasteiger partial charge in [-0.05, 0) is 29.2 Å². The average molecular weight is 387 g/mol. The summed E-state index contributed by atoms with van der Waals surface area (Å²) in [4.78, 5) is 16.5. The molecular formula is C22H27F2N3O. The van der Waals surface area contributed by atoms with Crippen molar-refractivity contribution in [2.75, 3.05) is 38.0 Å². The van der Waals surface area contributed by atoms with Crippen LogP contribution in [0.2, 0.25) is 0 Å². The van der Waals surface area contributed by atoms with E-state index >= 15 is 0 Å². The number of halogens is 2. The quantitative estimate of drug-likeness (QED) is 0.818. The second kappa shape index (κ2) is 9.26. The van der Waals surface area contributed by atoms with Gasteiger partial charge in [-0.1, -0.05) is 38.1 Å². The van der Waals surface area contributed by atoms with Crippen molar-refractivity contribution in [3.63, 3.8) is 0 Å². The number of anilines is 1. The monoisotopic (exact) mass is 387 g/mol. The van der Waals surface area contributed by atoms with Crippen LogP contribution < -0.4 is 5.32 Å². The molecule has 0 saturated carbocycles. The summed E-state index contributed by atoms with van der Waals surface area (Å²) in [5.41, 5.74) is 2.51. The molecule has 0 unspecified atom stereocenters. The molecule has 1 saturated heterocycles. The number of nitrogens with one attached hydrogen (secondary N) is 1. The summed E-state index contributed by atoms with van der Waals surface area (Å²) >= 11 is 0. The van der Waals surface area contributed by atoms with Gasteiger partial charge in [-0.25, -0.2) is 8.78 Å². The molecule has 6 heteroatoms. The van der Waals surface area contributed by atoms with E-state index in [0.717, 1.165) is 50.9 Å². The summed E-state index contributed by atoms with van der Waals surface area (Å²) in [7, 11) is 0. The maximum Gasteiger partial charge on any atom is 0.238 e. The standard InChI is InChI=1S/C22H27F2N3O/c1-16(2)18-5-3-17(4-6-18)14-26-9-11-27(12-10-26)15-22(28)25-21-13-19(23)7-8-20(21)24/h3-8,13,16H,9-12,14-15H2,1-2H3,(H,25,28). The lowest BCUT2D eigenvalue weighted by molar-refractivity contribution is -0.117. The number of carbonyl (C=O) groups is 1. The number of piperazine rings is 1. The highest BCUT2D eigenvalue weighted by atomic mass is 19.1. The topological polar surface area (TPSA) is 35.6 Å². The predicted octanol–water partition coefficient (Wildman–Crippen LogP) is 3.84. The number of hydrogen-bond donors (Lipinski definition) is 1. The fourth-order valence-corrected chi connectivity index (χ4v) is 3.36. The van der Waals surface area contributed by atoms with Gasteiger partial charge in [-0.15, -0.1) is 0 Å². The minimum atomic E-state index is -0.636. The van der Waals surface area contributed by atoms with E-state index in [-0.39, 0.29) is 18.1 Å². The van der Waals surface area contributed by atoms with Crippen LogP contribution in [0.15, 0.2) is 42.5 Å². The van der Waals surface area contributed by atoms with E-state index in [1.165, 1.54) is 11.1 Å². The molecule has 2 aromatic rings. The van der Waals surface area contributed by atoms with Crippen molar-refractivity contribution in [1.82, 2.24) is 9.80 Å². The van der Waals surface area contributed by atoms with Gasteiger partial charge >= 0.3 is 0 Å². The maximum absolute atomic E-state index is 13.6. The van der Waals surface area contributed by atoms with E-state index in [9.17, 15) is 13.6 Å². The van der Waals surface area contributed by atoms with Gasteiger partial charge < -0.3 is 5.32 Å². The van der Waals surface area contributed by atoms with Gasteiger partial charge in [0.1, 0.15) is 11.6 Å². The summed E-state index contributed by atoms with van der Waals surface area (Å²) in [5, 5.41) is 2.45. The third kappa shape index (κ3) is 5.59. The largest absolute Gasteiger partial charge is 0.322 e. The second-order valence-corrected chi connectivity index (χ2v) is 7.62. The average Bonchev–Trinajstić information content (AvgIpc) is 2.67. The molecule has 28 heavy (non-hydrogen) atoms. The molecule has 4 nitrogen and oxygen atoms in total. The van der Waals surface area contributed by atoms with Crippen LogP contribution in [-0.2, 0) is 11.3 Å². The molecule has 0 spiro atoms. The normalized spacial score (nSPS) is 15.8. The van der Waals surface area contributed by atoms with Crippen LogP contribution >= 0.6 is 0 Å². The predicted molar refractivity (Wildman–Crippen MR) is 107 cm³/mol. The van der Waals surface area contributed by atoms with E-state index in [0.29, 0.717) is 5.92 Å². The summed E-state index contributed by atoms with van der Waals surface area (Å²) in [6.45, 7) is 8.72. The van der Waals surface area contributed by atoms with Gasteiger partial charge in [0.2, 0.25) is 5.91 Å². The number of amides is 1. The molecule has 1 heterocycles. The van der Waals surface area contributed by atoms with Gasteiger partial charge in [0.25, 0.3) is 0 Å². The minimum absolute atomic E-state index is 0.117. The second-order valence-electron chi connectivity index (χ2n) is 7.62. The fourth-order valence-electron chi connectivity index (χ4n) is 3.36. The number of hydrogen-bond acceptors (Lipinski definition) is 3. The Labute approximate surface area is 165 Å². The first kappa shape index (κ1) is 20.4. The molecule has 1 aliphatic rings. The van der Waals surface area contributed by atoms with E-state index in [1.54, 1.807) is 0 Å². The Morgan fingerprint density at radius 3 is 2.29 bits per heavy atom. The van der Waals surface area contributed by atoms with Crippen LogP contribution in [0.4, 0.5) is 14.5 Å². The molecule has 1 aliphatic heterocycles. The molecule has 0 aliphatic carbocycles. The Kier molecular flexibility index (Phi) is 6.75. The summed E-state index contributed by atoms with van der Waals surface area (Å²) in [6.07, 6.45) is 0. The Morgan fingerprint density at radius 2 is 1.64 bits per heavy atom. The highest BCUT2D eigenvalue weighted by Gasteiger charge is 2.19. The number of rotatable bonds is 6. The van der Waals surface area contributed by atoms with Crippen molar-refractivity contribution in [3.8, 4) is 0 Å². The lowest BCUT2D eigenvalue weighted by atomic mass is 10.0. The van der Waals surface area contributed by atoms with E-state index in [4.69, 9.17) is 0 Å². The molecule has 150 valence electrons. The van der Waals surface area contributed by atoms with Crippen LogP contribution in [0.1, 0.15) is 30.9 Å². The summed E-state index contributed by atoms with van der Waals surface area (Å²) < 4.78 is 26.8. The Bertz CT molecular complexity index is 800. The first-order valence-corrected chi connectivity index (χ1v) is 9.69. The van der Waals surface area contributed by atoms with Gasteiger partial charge in [0.05, 0.1) is 12.2 Å². The van der Waals surface area contributed by atoms with Gasteiger partial charge in [-0.2, -0.15) is 0 Å². The Hall–Kier alpha value is -2.31. The van der Waals surface area contributed by atoms with Crippen LogP contribution in [0.25, 0.3) is 0 Å². The molecule has 1 N–H and O–H groups in total. The first-order chi connectivity index (χ1) is 13.4. The molecule has 0 aromatic heterocycles. The highest BCUT2D eigenvalue weighted by molar-refractivity contribution is 5.92. The lowest BCUT2D eigenvalue weighted by Crippen LogP contribution is -2.48. The minimum Gasteiger partial charge on any atom is -0.322 e. The Morgan fingerprint density at radius 1 is 1.00 bits per heavy atom. The van der Waals surface area contributed by atoms with Crippen molar-refractivity contribution in [3.05, 3.63) is 65.2 Å². The maximum atomic E-state index is 13.6. The van der Waals surface area contributed by atoms with Crippen LogP contribution in [-0.4, -0.2) is 48.4 Å². The van der Waals surface area contributed by atoms with Crippen molar-refractivity contribution in [2.24, 2.45) is 0 Å². The van der Waals surface area contributed by atoms with Crippen LogP contribution in [0.3, 0.4) is 0 Å². The van der Waals surface area contributed by atoms with Crippen molar-refractivity contribution in [2.45, 2.75) is 26.3 Å². The molecular weight excluding hydrogens is 360 g/mol. The molecule has 0 atom stereocenters. The fraction of sp³-hybridized carbons (Fsp3) is 0.409. The van der Waals surface area contributed by atoms with Gasteiger partial charge in [0, 0.05) is 38.8 Å². The van der Waals surface area contributed by atoms with Gasteiger partial charge in [0.15, 0.2) is 0 Å². The van der Waals surface area contributed by atoms with Crippen LogP contribution in [0, 0.1) is 11.6 Å². The number of nitrogens with zero attached hydrogens (tertiary/aromatic N) is 2. The zero-order valence-corrected chi connectivity index (χ0v) is 16.4. The van der Waals surface area contributed by atoms with Crippen molar-refractivity contribution in [1.29, 1.82) is 0 Å². The van der Waals surface area contributed by atoms with Crippen LogP contribution in [0.5, 0.6) is 0 Å². The van der Waals surface area contributed by atoms with E-state index in [1.807, 2.05) is 4.90 Å². The third-order valence-electron chi connectivity index (χ3n) is 5.09. The smallest absolute Gasteiger partial charge is 0.238 e. The SMILES string of the molecule is CC(C)c1ccc(CN2CCN(CC(=O)Nc3cc(F)ccc3F)CC2)cc1. The van der Waals surface area contributed by atoms with E-state index < -0.39 is 11.6 Å². The molecule has 1 amide bonds. The van der Waals surface area contributed by atoms with Gasteiger partial charge in [-0.3, -0.25) is 14.6 Å². The highest BCUT2D eigenvalue weighted by Crippen LogP contribution is 2.17. The third-order valence-corrected chi connectivity index (χ3v) is 5.09. The molecule has 3 rings (SSSR count). The lowest BCUT2D eigenvalue weighted by Gasteiger charge is -2.34. The number of benzene rings is 2. The molecule has 1 fully saturated rings. The number of carbonyl (C=O) groups excluding carboxylic acids is 1. The zero-order valence-electron chi connectivity index (χ0n) is 16.4. The zero-order chi connectivity index (χ0) is 20.1. The molecule has 2 aromatic carbocycles.